The molecule has 174 valence electrons. The number of guanidine groups is 1. The fraction of sp³-hybridized carbons (Fsp3) is 0.708. The van der Waals surface area contributed by atoms with E-state index in [1.54, 1.807) is 6.07 Å². The summed E-state index contributed by atoms with van der Waals surface area (Å²) in [5.41, 5.74) is 1.01. The molecule has 2 saturated heterocycles. The van der Waals surface area contributed by atoms with Crippen molar-refractivity contribution in [1.82, 2.24) is 20.4 Å². The number of ether oxygens (including phenoxy) is 1. The number of nitrogens with zero attached hydrogens (tertiary/aromatic N) is 3. The zero-order valence-electron chi connectivity index (χ0n) is 19.7. The van der Waals surface area contributed by atoms with Crippen molar-refractivity contribution in [3.63, 3.8) is 0 Å². The molecule has 2 heterocycles. The molecule has 0 aliphatic carbocycles. The van der Waals surface area contributed by atoms with Gasteiger partial charge in [-0.25, -0.2) is 4.39 Å². The normalized spacial score (nSPS) is 21.5. The van der Waals surface area contributed by atoms with E-state index in [9.17, 15) is 4.39 Å². The fourth-order valence-electron chi connectivity index (χ4n) is 4.76. The van der Waals surface area contributed by atoms with Gasteiger partial charge in [0.15, 0.2) is 17.5 Å². The molecule has 7 heteroatoms. The van der Waals surface area contributed by atoms with Gasteiger partial charge in [-0.05, 0) is 90.5 Å². The Labute approximate surface area is 187 Å². The molecule has 0 amide bonds. The van der Waals surface area contributed by atoms with Gasteiger partial charge in [0.25, 0.3) is 0 Å². The van der Waals surface area contributed by atoms with Crippen LogP contribution in [0.15, 0.2) is 23.2 Å². The van der Waals surface area contributed by atoms with E-state index >= 15 is 0 Å². The van der Waals surface area contributed by atoms with E-state index in [2.05, 4.69) is 34.4 Å². The number of likely N-dealkylation sites (tertiary alicyclic amines) is 2. The summed E-state index contributed by atoms with van der Waals surface area (Å²) < 4.78 is 19.2. The summed E-state index contributed by atoms with van der Waals surface area (Å²) in [4.78, 5) is 10.2. The first-order chi connectivity index (χ1) is 15.0. The Hall–Kier alpha value is -1.86. The lowest BCUT2D eigenvalue weighted by Crippen LogP contribution is -2.58. The lowest BCUT2D eigenvalue weighted by atomic mass is 9.84. The minimum Gasteiger partial charge on any atom is -0.494 e. The van der Waals surface area contributed by atoms with Gasteiger partial charge in [0.1, 0.15) is 0 Å². The van der Waals surface area contributed by atoms with Gasteiger partial charge in [-0.1, -0.05) is 12.5 Å². The summed E-state index contributed by atoms with van der Waals surface area (Å²) in [7, 11) is 3.70. The molecule has 1 aromatic carbocycles. The molecule has 6 nitrogen and oxygen atoms in total. The molecule has 2 aliphatic heterocycles. The Morgan fingerprint density at radius 1 is 1.19 bits per heavy atom. The van der Waals surface area contributed by atoms with Gasteiger partial charge in [-0.2, -0.15) is 0 Å². The van der Waals surface area contributed by atoms with Crippen LogP contribution in [-0.2, 0) is 0 Å². The van der Waals surface area contributed by atoms with E-state index in [1.165, 1.54) is 45.5 Å². The minimum atomic E-state index is -0.342. The largest absolute Gasteiger partial charge is 0.494 e. The van der Waals surface area contributed by atoms with Crippen LogP contribution in [0.3, 0.4) is 0 Å². The highest BCUT2D eigenvalue weighted by atomic mass is 19.1. The number of rotatable bonds is 7. The minimum absolute atomic E-state index is 0.0679. The highest BCUT2D eigenvalue weighted by Crippen LogP contribution is 2.32. The molecule has 0 bridgehead atoms. The first kappa shape index (κ1) is 23.8. The van der Waals surface area contributed by atoms with E-state index in [0.717, 1.165) is 50.5 Å². The molecule has 2 N–H and O–H groups in total. The smallest absolute Gasteiger partial charge is 0.191 e. The molecule has 2 fully saturated rings. The maximum atomic E-state index is 14.2. The Bertz CT molecular complexity index is 727. The third kappa shape index (κ3) is 6.10. The average molecular weight is 434 g/mol. The first-order valence-electron chi connectivity index (χ1n) is 11.8. The van der Waals surface area contributed by atoms with Crippen molar-refractivity contribution in [3.05, 3.63) is 29.6 Å². The summed E-state index contributed by atoms with van der Waals surface area (Å²) in [6, 6.07) is 5.04. The fourth-order valence-corrected chi connectivity index (χ4v) is 4.76. The van der Waals surface area contributed by atoms with Gasteiger partial charge in [0.2, 0.25) is 0 Å². The maximum Gasteiger partial charge on any atom is 0.191 e. The molecular weight excluding hydrogens is 393 g/mol. The Balaban J connectivity index is 1.73. The zero-order valence-corrected chi connectivity index (χ0v) is 19.7. The molecule has 1 atom stereocenters. The van der Waals surface area contributed by atoms with Crippen molar-refractivity contribution < 1.29 is 9.13 Å². The number of methoxy groups -OCH3 is 1. The van der Waals surface area contributed by atoms with E-state index in [1.807, 2.05) is 13.0 Å². The van der Waals surface area contributed by atoms with Crippen LogP contribution in [0.5, 0.6) is 5.75 Å². The van der Waals surface area contributed by atoms with Crippen LogP contribution >= 0.6 is 0 Å². The van der Waals surface area contributed by atoms with Crippen LogP contribution in [0.4, 0.5) is 4.39 Å². The van der Waals surface area contributed by atoms with Gasteiger partial charge in [0, 0.05) is 12.1 Å². The van der Waals surface area contributed by atoms with E-state index in [4.69, 9.17) is 9.73 Å². The van der Waals surface area contributed by atoms with Crippen molar-refractivity contribution >= 4 is 5.96 Å². The van der Waals surface area contributed by atoms with Crippen LogP contribution in [0, 0.1) is 5.82 Å². The van der Waals surface area contributed by atoms with Crippen molar-refractivity contribution in [2.75, 3.05) is 53.4 Å². The van der Waals surface area contributed by atoms with Crippen LogP contribution in [0.25, 0.3) is 0 Å². The molecule has 0 spiro atoms. The van der Waals surface area contributed by atoms with Crippen LogP contribution in [-0.4, -0.2) is 74.7 Å². The number of benzene rings is 1. The van der Waals surface area contributed by atoms with Gasteiger partial charge >= 0.3 is 0 Å². The molecule has 31 heavy (non-hydrogen) atoms. The van der Waals surface area contributed by atoms with Crippen LogP contribution in [0.2, 0.25) is 0 Å². The molecule has 1 aromatic rings. The Morgan fingerprint density at radius 3 is 2.52 bits per heavy atom. The number of piperidine rings is 2. The highest BCUT2D eigenvalue weighted by Gasteiger charge is 2.39. The molecule has 1 unspecified atom stereocenters. The second-order valence-corrected chi connectivity index (χ2v) is 9.03. The van der Waals surface area contributed by atoms with Crippen LogP contribution < -0.4 is 15.4 Å². The molecule has 0 radical (unpaired) electrons. The summed E-state index contributed by atoms with van der Waals surface area (Å²) in [5, 5.41) is 6.85. The van der Waals surface area contributed by atoms with E-state index < -0.39 is 0 Å². The molecular formula is C24H40FN5O. The summed E-state index contributed by atoms with van der Waals surface area (Å²) in [6.45, 7) is 10.3. The Morgan fingerprint density at radius 2 is 1.90 bits per heavy atom. The van der Waals surface area contributed by atoms with Gasteiger partial charge in [-0.3, -0.25) is 9.89 Å². The average Bonchev–Trinajstić information content (AvgIpc) is 2.79. The second kappa shape index (κ2) is 11.1. The number of aliphatic imine (C=N–C) groups is 1. The van der Waals surface area contributed by atoms with Gasteiger partial charge in [0.05, 0.1) is 19.7 Å². The lowest BCUT2D eigenvalue weighted by molar-refractivity contribution is 0.0208. The topological polar surface area (TPSA) is 52.1 Å². The predicted octanol–water partition coefficient (Wildman–Crippen LogP) is 3.40. The summed E-state index contributed by atoms with van der Waals surface area (Å²) in [5.74, 6) is 0.717. The van der Waals surface area contributed by atoms with Crippen molar-refractivity contribution in [1.29, 1.82) is 0 Å². The number of nitrogens with one attached hydrogen (secondary N) is 2. The summed E-state index contributed by atoms with van der Waals surface area (Å²) >= 11 is 0. The van der Waals surface area contributed by atoms with Crippen LogP contribution in [0.1, 0.15) is 57.6 Å². The zero-order chi connectivity index (χ0) is 22.3. The number of hydrogen-bond acceptors (Lipinski definition) is 4. The lowest BCUT2D eigenvalue weighted by Gasteiger charge is -2.49. The maximum absolute atomic E-state index is 14.2. The standard InChI is InChI=1S/C24H40FN5O/c1-5-26-23(28-19(2)20-9-10-22(31-4)21(25)17-20)27-18-24(11-15-29(3)16-12-24)30-13-7-6-8-14-30/h9-10,17,19H,5-8,11-16,18H2,1-4H3,(H2,26,27,28). The van der Waals surface area contributed by atoms with Crippen molar-refractivity contribution in [2.24, 2.45) is 4.99 Å². The second-order valence-electron chi connectivity index (χ2n) is 9.03. The van der Waals surface area contributed by atoms with Gasteiger partial charge in [-0.15, -0.1) is 0 Å². The molecule has 3 rings (SSSR count). The first-order valence-corrected chi connectivity index (χ1v) is 11.8. The molecule has 2 aliphatic rings. The Kier molecular flexibility index (Phi) is 8.55. The van der Waals surface area contributed by atoms with Crippen molar-refractivity contribution in [3.8, 4) is 5.75 Å². The number of halogens is 1. The third-order valence-electron chi connectivity index (χ3n) is 6.85. The molecule has 0 saturated carbocycles. The predicted molar refractivity (Wildman–Crippen MR) is 125 cm³/mol. The van der Waals surface area contributed by atoms with Crippen molar-refractivity contribution in [2.45, 2.75) is 57.5 Å². The van der Waals surface area contributed by atoms with Gasteiger partial charge < -0.3 is 20.3 Å². The van der Waals surface area contributed by atoms with E-state index in [-0.39, 0.29) is 23.1 Å². The monoisotopic (exact) mass is 433 g/mol. The number of hydrogen-bond donors (Lipinski definition) is 2. The summed E-state index contributed by atoms with van der Waals surface area (Å²) in [6.07, 6.45) is 6.24. The van der Waals surface area contributed by atoms with E-state index in [0.29, 0.717) is 0 Å². The quantitative estimate of drug-likeness (QED) is 0.510. The molecule has 0 aromatic heterocycles. The third-order valence-corrected chi connectivity index (χ3v) is 6.85. The highest BCUT2D eigenvalue weighted by molar-refractivity contribution is 5.80. The SMILES string of the molecule is CCNC(=NCC1(N2CCCCC2)CCN(C)CC1)NC(C)c1ccc(OC)c(F)c1.